The molecule has 2 amide bonds. The number of alkyl halides is 1. The highest BCUT2D eigenvalue weighted by atomic mass is 79.9. The van der Waals surface area contributed by atoms with Crippen LogP contribution in [0.4, 0.5) is 0 Å². The number of amides is 2. The average molecular weight is 298 g/mol. The highest BCUT2D eigenvalue weighted by molar-refractivity contribution is 9.10. The SMILES string of the molecule is O=C(ON1C(=O)CC(Br)C1=O)c1ccccc1. The number of hydrogen-bond donors (Lipinski definition) is 0. The second kappa shape index (κ2) is 4.67. The minimum atomic E-state index is -0.728. The predicted octanol–water partition coefficient (Wildman–Crippen LogP) is 1.28. The van der Waals surface area contributed by atoms with Crippen LogP contribution in [0.1, 0.15) is 16.8 Å². The number of benzene rings is 1. The van der Waals surface area contributed by atoms with E-state index >= 15 is 0 Å². The van der Waals surface area contributed by atoms with Crippen LogP contribution < -0.4 is 0 Å². The van der Waals surface area contributed by atoms with Crippen molar-refractivity contribution >= 4 is 33.7 Å². The van der Waals surface area contributed by atoms with Crippen LogP contribution in [-0.2, 0) is 14.4 Å². The Balaban J connectivity index is 2.10. The molecule has 0 radical (unpaired) electrons. The highest BCUT2D eigenvalue weighted by Crippen LogP contribution is 2.20. The Morgan fingerprint density at radius 3 is 2.47 bits per heavy atom. The molecule has 2 rings (SSSR count). The molecule has 1 aliphatic rings. The van der Waals surface area contributed by atoms with Crippen LogP contribution in [0.25, 0.3) is 0 Å². The lowest BCUT2D eigenvalue weighted by atomic mass is 10.2. The zero-order valence-corrected chi connectivity index (χ0v) is 10.2. The number of rotatable bonds is 2. The van der Waals surface area contributed by atoms with Crippen molar-refractivity contribution in [2.75, 3.05) is 0 Å². The molecule has 0 N–H and O–H groups in total. The van der Waals surface area contributed by atoms with Gasteiger partial charge in [0, 0.05) is 0 Å². The quantitative estimate of drug-likeness (QED) is 0.609. The van der Waals surface area contributed by atoms with Gasteiger partial charge < -0.3 is 4.84 Å². The molecule has 6 heteroatoms. The van der Waals surface area contributed by atoms with Gasteiger partial charge in [0.25, 0.3) is 11.8 Å². The second-order valence-electron chi connectivity index (χ2n) is 3.44. The number of imide groups is 1. The van der Waals surface area contributed by atoms with Gasteiger partial charge in [-0.05, 0) is 12.1 Å². The van der Waals surface area contributed by atoms with Crippen LogP contribution in [0.2, 0.25) is 0 Å². The Hall–Kier alpha value is -1.69. The van der Waals surface area contributed by atoms with Crippen LogP contribution >= 0.6 is 15.9 Å². The van der Waals surface area contributed by atoms with Crippen LogP contribution in [0, 0.1) is 0 Å². The zero-order chi connectivity index (χ0) is 12.4. The Morgan fingerprint density at radius 2 is 1.94 bits per heavy atom. The summed E-state index contributed by atoms with van der Waals surface area (Å²) in [6.07, 6.45) is 0.000896. The lowest BCUT2D eigenvalue weighted by molar-refractivity contribution is -0.172. The standard InChI is InChI=1S/C11H8BrNO4/c12-8-6-9(14)13(10(8)15)17-11(16)7-4-2-1-3-5-7/h1-5,8H,6H2. The molecular formula is C11H8BrNO4. The van der Waals surface area contributed by atoms with Gasteiger partial charge in [-0.1, -0.05) is 34.1 Å². The summed E-state index contributed by atoms with van der Waals surface area (Å²) in [6.45, 7) is 0. The van der Waals surface area contributed by atoms with E-state index in [1.807, 2.05) is 0 Å². The Labute approximate surface area is 105 Å². The predicted molar refractivity (Wildman–Crippen MR) is 61.0 cm³/mol. The van der Waals surface area contributed by atoms with E-state index < -0.39 is 22.6 Å². The van der Waals surface area contributed by atoms with Crippen molar-refractivity contribution in [2.24, 2.45) is 0 Å². The largest absolute Gasteiger partial charge is 0.363 e. The van der Waals surface area contributed by atoms with E-state index in [9.17, 15) is 14.4 Å². The summed E-state index contributed by atoms with van der Waals surface area (Å²) in [5.74, 6) is -1.81. The van der Waals surface area contributed by atoms with Crippen molar-refractivity contribution in [2.45, 2.75) is 11.2 Å². The van der Waals surface area contributed by atoms with E-state index in [0.717, 1.165) is 0 Å². The van der Waals surface area contributed by atoms with Gasteiger partial charge in [-0.2, -0.15) is 0 Å². The number of carbonyl (C=O) groups is 3. The van der Waals surface area contributed by atoms with Crippen molar-refractivity contribution in [3.63, 3.8) is 0 Å². The molecule has 1 aromatic rings. The van der Waals surface area contributed by atoms with E-state index in [4.69, 9.17) is 4.84 Å². The molecule has 5 nitrogen and oxygen atoms in total. The molecule has 1 heterocycles. The first-order valence-electron chi connectivity index (χ1n) is 4.88. The summed E-state index contributed by atoms with van der Waals surface area (Å²) in [4.78, 5) is 38.6. The fraction of sp³-hybridized carbons (Fsp3) is 0.182. The molecule has 88 valence electrons. The fourth-order valence-electron chi connectivity index (χ4n) is 1.38. The summed E-state index contributed by atoms with van der Waals surface area (Å²) in [7, 11) is 0. The molecule has 0 aliphatic carbocycles. The maximum absolute atomic E-state index is 11.6. The minimum absolute atomic E-state index is 0.000896. The lowest BCUT2D eigenvalue weighted by Crippen LogP contribution is -2.33. The highest BCUT2D eigenvalue weighted by Gasteiger charge is 2.40. The molecule has 1 unspecified atom stereocenters. The zero-order valence-electron chi connectivity index (χ0n) is 8.63. The molecular weight excluding hydrogens is 290 g/mol. The number of carbonyl (C=O) groups excluding carboxylic acids is 3. The first-order chi connectivity index (χ1) is 8.09. The first kappa shape index (κ1) is 11.8. The second-order valence-corrected chi connectivity index (χ2v) is 4.55. The average Bonchev–Trinajstić information content (AvgIpc) is 2.57. The molecule has 17 heavy (non-hydrogen) atoms. The van der Waals surface area contributed by atoms with Crippen molar-refractivity contribution in [1.29, 1.82) is 0 Å². The van der Waals surface area contributed by atoms with Gasteiger partial charge in [-0.25, -0.2) is 4.79 Å². The molecule has 1 saturated heterocycles. The Morgan fingerprint density at radius 1 is 1.29 bits per heavy atom. The van der Waals surface area contributed by atoms with Crippen LogP contribution in [0.5, 0.6) is 0 Å². The minimum Gasteiger partial charge on any atom is -0.325 e. The van der Waals surface area contributed by atoms with Crippen molar-refractivity contribution in [3.8, 4) is 0 Å². The smallest absolute Gasteiger partial charge is 0.325 e. The number of hydrogen-bond acceptors (Lipinski definition) is 4. The molecule has 0 aromatic heterocycles. The molecule has 0 saturated carbocycles. The molecule has 0 bridgehead atoms. The van der Waals surface area contributed by atoms with E-state index in [1.165, 1.54) is 0 Å². The number of nitrogens with zero attached hydrogens (tertiary/aromatic N) is 1. The summed E-state index contributed by atoms with van der Waals surface area (Å²) in [5, 5.41) is 0.509. The summed E-state index contributed by atoms with van der Waals surface area (Å²) >= 11 is 3.03. The maximum atomic E-state index is 11.6. The van der Waals surface area contributed by atoms with Gasteiger partial charge in [-0.15, -0.1) is 5.06 Å². The van der Waals surface area contributed by atoms with Crippen LogP contribution in [-0.4, -0.2) is 27.7 Å². The number of halogens is 1. The Bertz CT molecular complexity index is 474. The molecule has 1 fully saturated rings. The van der Waals surface area contributed by atoms with E-state index in [1.54, 1.807) is 30.3 Å². The molecule has 1 aromatic carbocycles. The van der Waals surface area contributed by atoms with Gasteiger partial charge in [0.05, 0.1) is 12.0 Å². The van der Waals surface area contributed by atoms with Crippen LogP contribution in [0.15, 0.2) is 30.3 Å². The fourth-order valence-corrected chi connectivity index (χ4v) is 1.84. The van der Waals surface area contributed by atoms with Crippen molar-refractivity contribution in [1.82, 2.24) is 5.06 Å². The lowest BCUT2D eigenvalue weighted by Gasteiger charge is -2.12. The number of hydroxylamine groups is 2. The van der Waals surface area contributed by atoms with E-state index in [0.29, 0.717) is 5.06 Å². The maximum Gasteiger partial charge on any atom is 0.363 e. The van der Waals surface area contributed by atoms with E-state index in [2.05, 4.69) is 15.9 Å². The van der Waals surface area contributed by atoms with E-state index in [-0.39, 0.29) is 12.0 Å². The topological polar surface area (TPSA) is 63.7 Å². The van der Waals surface area contributed by atoms with Gasteiger partial charge >= 0.3 is 5.97 Å². The van der Waals surface area contributed by atoms with Gasteiger partial charge in [0.2, 0.25) is 0 Å². The third kappa shape index (κ3) is 2.36. The third-order valence-corrected chi connectivity index (χ3v) is 2.95. The van der Waals surface area contributed by atoms with Crippen molar-refractivity contribution in [3.05, 3.63) is 35.9 Å². The van der Waals surface area contributed by atoms with Crippen LogP contribution in [0.3, 0.4) is 0 Å². The molecule has 1 aliphatic heterocycles. The monoisotopic (exact) mass is 297 g/mol. The molecule has 0 spiro atoms. The van der Waals surface area contributed by atoms with Crippen molar-refractivity contribution < 1.29 is 19.2 Å². The first-order valence-corrected chi connectivity index (χ1v) is 5.79. The third-order valence-electron chi connectivity index (χ3n) is 2.23. The summed E-state index contributed by atoms with van der Waals surface area (Å²) < 4.78 is 0. The Kier molecular flexibility index (Phi) is 3.23. The normalized spacial score (nSPS) is 19.6. The van der Waals surface area contributed by atoms with Gasteiger partial charge in [-0.3, -0.25) is 9.59 Å². The summed E-state index contributed by atoms with van der Waals surface area (Å²) in [5.41, 5.74) is 0.283. The molecule has 1 atom stereocenters. The van der Waals surface area contributed by atoms with Gasteiger partial charge in [0.1, 0.15) is 4.83 Å². The summed E-state index contributed by atoms with van der Waals surface area (Å²) in [6, 6.07) is 8.16. The van der Waals surface area contributed by atoms with Gasteiger partial charge in [0.15, 0.2) is 0 Å².